The van der Waals surface area contributed by atoms with Gasteiger partial charge in [0, 0.05) is 17.7 Å². The van der Waals surface area contributed by atoms with Crippen LogP contribution in [0.3, 0.4) is 0 Å². The van der Waals surface area contributed by atoms with Gasteiger partial charge in [-0.15, -0.1) is 0 Å². The van der Waals surface area contributed by atoms with E-state index in [1.165, 1.54) is 30.3 Å². The molecule has 9 nitrogen and oxygen atoms in total. The molecule has 2 aromatic rings. The molecule has 3 amide bonds. The zero-order valence-electron chi connectivity index (χ0n) is 17.2. The van der Waals surface area contributed by atoms with Gasteiger partial charge in [0.1, 0.15) is 6.54 Å². The molecule has 0 unspecified atom stereocenters. The molecule has 0 N–H and O–H groups in total. The van der Waals surface area contributed by atoms with Crippen molar-refractivity contribution in [3.8, 4) is 0 Å². The highest BCUT2D eigenvalue weighted by Gasteiger charge is 2.51. The Bertz CT molecular complexity index is 1180. The highest BCUT2D eigenvalue weighted by atomic mass is 35.5. The lowest BCUT2D eigenvalue weighted by atomic mass is 9.85. The second-order valence-corrected chi connectivity index (χ2v) is 8.12. The molecular weight excluding hydrogens is 450 g/mol. The number of hydrogen-bond acceptors (Lipinski definition) is 6. The van der Waals surface area contributed by atoms with Gasteiger partial charge in [-0.1, -0.05) is 48.0 Å². The first-order chi connectivity index (χ1) is 15.8. The molecule has 2 atom stereocenters. The third-order valence-corrected chi connectivity index (χ3v) is 6.07. The number of Topliss-reactive ketones (excluding diaryl/α,β-unsaturated/α-hetero) is 1. The molecule has 2 aromatic carbocycles. The molecule has 0 aromatic heterocycles. The van der Waals surface area contributed by atoms with Crippen molar-refractivity contribution < 1.29 is 24.1 Å². The van der Waals surface area contributed by atoms with E-state index in [2.05, 4.69) is 0 Å². The minimum atomic E-state index is -0.798. The normalized spacial score (nSPS) is 19.4. The zero-order chi connectivity index (χ0) is 23.7. The smallest absolute Gasteiger partial charge is 0.274 e. The van der Waals surface area contributed by atoms with Crippen LogP contribution in [0.4, 0.5) is 5.69 Å². The topological polar surface area (TPSA) is 118 Å². The number of non-ortho nitro benzene ring substituents is 1. The van der Waals surface area contributed by atoms with Crippen LogP contribution in [-0.4, -0.2) is 45.0 Å². The Morgan fingerprint density at radius 3 is 2.27 bits per heavy atom. The number of imide groups is 1. The number of carbonyl (C=O) groups excluding carboxylic acids is 4. The van der Waals surface area contributed by atoms with Crippen LogP contribution in [0.5, 0.6) is 0 Å². The maximum Gasteiger partial charge on any atom is 0.274 e. The van der Waals surface area contributed by atoms with Gasteiger partial charge >= 0.3 is 0 Å². The van der Waals surface area contributed by atoms with Gasteiger partial charge in [-0.25, -0.2) is 5.01 Å². The van der Waals surface area contributed by atoms with E-state index in [0.717, 1.165) is 16.1 Å². The average molecular weight is 468 g/mol. The predicted octanol–water partition coefficient (Wildman–Crippen LogP) is 3.44. The molecule has 0 spiro atoms. The summed E-state index contributed by atoms with van der Waals surface area (Å²) in [6, 6.07) is 11.1. The number of hydrazine groups is 1. The van der Waals surface area contributed by atoms with Crippen molar-refractivity contribution in [2.45, 2.75) is 12.8 Å². The van der Waals surface area contributed by atoms with Gasteiger partial charge in [-0.3, -0.25) is 29.3 Å². The number of fused-ring (bicyclic) bond motifs is 1. The lowest BCUT2D eigenvalue weighted by Gasteiger charge is -2.30. The van der Waals surface area contributed by atoms with E-state index in [1.807, 2.05) is 12.2 Å². The number of nitro benzene ring substituents is 1. The standard InChI is InChI=1S/C23H18ClN3O6/c24-19-11-4-3-10-18(19)21(29)25(13-20(28)14-6-5-7-15(12-14)27(32)33)26-22(30)16-8-1-2-9-17(16)23(26)31/h1-7,10-12,16-17H,8-9,13H2/t16-,17+. The molecule has 33 heavy (non-hydrogen) atoms. The fourth-order valence-corrected chi connectivity index (χ4v) is 4.26. The minimum absolute atomic E-state index is 0.0135. The number of rotatable bonds is 6. The van der Waals surface area contributed by atoms with Crippen LogP contribution in [0.15, 0.2) is 60.7 Å². The molecule has 1 saturated heterocycles. The summed E-state index contributed by atoms with van der Waals surface area (Å²) in [6.07, 6.45) is 4.34. The van der Waals surface area contributed by atoms with E-state index < -0.39 is 46.8 Å². The van der Waals surface area contributed by atoms with E-state index in [1.54, 1.807) is 12.1 Å². The number of hydrogen-bond donors (Lipinski definition) is 0. The van der Waals surface area contributed by atoms with E-state index in [4.69, 9.17) is 11.6 Å². The summed E-state index contributed by atoms with van der Waals surface area (Å²) >= 11 is 6.17. The lowest BCUT2D eigenvalue weighted by Crippen LogP contribution is -2.52. The molecule has 4 rings (SSSR count). The number of halogens is 1. The van der Waals surface area contributed by atoms with Crippen LogP contribution in [0, 0.1) is 22.0 Å². The van der Waals surface area contributed by atoms with Crippen molar-refractivity contribution in [2.24, 2.45) is 11.8 Å². The molecular formula is C23H18ClN3O6. The molecule has 0 bridgehead atoms. The first kappa shape index (κ1) is 22.3. The van der Waals surface area contributed by atoms with Crippen LogP contribution >= 0.6 is 11.6 Å². The average Bonchev–Trinajstić information content (AvgIpc) is 3.07. The number of nitrogens with zero attached hydrogens (tertiary/aromatic N) is 3. The summed E-state index contributed by atoms with van der Waals surface area (Å²) in [5, 5.41) is 12.7. The van der Waals surface area contributed by atoms with Crippen LogP contribution < -0.4 is 0 Å². The number of amides is 3. The van der Waals surface area contributed by atoms with Gasteiger partial charge in [0.2, 0.25) is 0 Å². The zero-order valence-corrected chi connectivity index (χ0v) is 18.0. The van der Waals surface area contributed by atoms with Gasteiger partial charge in [-0.2, -0.15) is 5.01 Å². The number of benzene rings is 2. The first-order valence-electron chi connectivity index (χ1n) is 10.2. The molecule has 0 saturated carbocycles. The largest absolute Gasteiger partial charge is 0.292 e. The Hall–Kier alpha value is -3.85. The second-order valence-electron chi connectivity index (χ2n) is 7.72. The molecule has 0 radical (unpaired) electrons. The fraction of sp³-hybridized carbons (Fsp3) is 0.217. The van der Waals surface area contributed by atoms with E-state index in [-0.39, 0.29) is 21.8 Å². The second kappa shape index (κ2) is 8.95. The quantitative estimate of drug-likeness (QED) is 0.211. The Morgan fingerprint density at radius 2 is 1.67 bits per heavy atom. The number of ketones is 1. The monoisotopic (exact) mass is 467 g/mol. The summed E-state index contributed by atoms with van der Waals surface area (Å²) in [7, 11) is 0. The third-order valence-electron chi connectivity index (χ3n) is 5.74. The van der Waals surface area contributed by atoms with E-state index in [9.17, 15) is 29.3 Å². The highest BCUT2D eigenvalue weighted by Crippen LogP contribution is 2.36. The van der Waals surface area contributed by atoms with Crippen LogP contribution in [0.2, 0.25) is 5.02 Å². The lowest BCUT2D eigenvalue weighted by molar-refractivity contribution is -0.384. The Labute approximate surface area is 193 Å². The number of carbonyl (C=O) groups is 4. The van der Waals surface area contributed by atoms with Gasteiger partial charge in [0.15, 0.2) is 5.78 Å². The Balaban J connectivity index is 1.71. The molecule has 2 aliphatic rings. The SMILES string of the molecule is O=C(CN(C(=O)c1ccccc1Cl)N1C(=O)[C@H]2CC=CC[C@H]2C1=O)c1cccc([N+](=O)[O-])c1. The molecule has 10 heteroatoms. The van der Waals surface area contributed by atoms with E-state index in [0.29, 0.717) is 12.8 Å². The van der Waals surface area contributed by atoms with Crippen LogP contribution in [-0.2, 0) is 9.59 Å². The molecule has 168 valence electrons. The fourth-order valence-electron chi connectivity index (χ4n) is 4.05. The van der Waals surface area contributed by atoms with Crippen molar-refractivity contribution in [1.82, 2.24) is 10.0 Å². The van der Waals surface area contributed by atoms with Crippen LogP contribution in [0.25, 0.3) is 0 Å². The summed E-state index contributed by atoms with van der Waals surface area (Å²) in [5.41, 5.74) is -0.311. The van der Waals surface area contributed by atoms with Crippen molar-refractivity contribution in [3.05, 3.63) is 86.9 Å². The Kier molecular flexibility index (Phi) is 6.06. The van der Waals surface area contributed by atoms with Gasteiger partial charge in [0.25, 0.3) is 23.4 Å². The molecule has 1 aliphatic heterocycles. The number of allylic oxidation sites excluding steroid dienone is 2. The van der Waals surface area contributed by atoms with Gasteiger partial charge in [0.05, 0.1) is 27.3 Å². The molecule has 1 heterocycles. The number of nitro groups is 1. The maximum atomic E-state index is 13.4. The van der Waals surface area contributed by atoms with Crippen molar-refractivity contribution >= 4 is 40.8 Å². The summed E-state index contributed by atoms with van der Waals surface area (Å²) in [5.74, 6) is -3.84. The van der Waals surface area contributed by atoms with Gasteiger partial charge < -0.3 is 0 Å². The molecule has 1 aliphatic carbocycles. The maximum absolute atomic E-state index is 13.4. The summed E-state index contributed by atoms with van der Waals surface area (Å²) in [4.78, 5) is 63.1. The van der Waals surface area contributed by atoms with Crippen LogP contribution in [0.1, 0.15) is 33.6 Å². The van der Waals surface area contributed by atoms with Crippen molar-refractivity contribution in [3.63, 3.8) is 0 Å². The first-order valence-corrected chi connectivity index (χ1v) is 10.5. The third kappa shape index (κ3) is 4.14. The highest BCUT2D eigenvalue weighted by molar-refractivity contribution is 6.34. The Morgan fingerprint density at radius 1 is 1.03 bits per heavy atom. The van der Waals surface area contributed by atoms with Gasteiger partial charge in [-0.05, 0) is 25.0 Å². The van der Waals surface area contributed by atoms with E-state index >= 15 is 0 Å². The minimum Gasteiger partial charge on any atom is -0.292 e. The van der Waals surface area contributed by atoms with Crippen molar-refractivity contribution in [2.75, 3.05) is 6.54 Å². The molecule has 1 fully saturated rings. The predicted molar refractivity (Wildman–Crippen MR) is 117 cm³/mol. The summed E-state index contributed by atoms with van der Waals surface area (Å²) < 4.78 is 0. The summed E-state index contributed by atoms with van der Waals surface area (Å²) in [6.45, 7) is -0.671. The van der Waals surface area contributed by atoms with Crippen molar-refractivity contribution in [1.29, 1.82) is 0 Å².